The van der Waals surface area contributed by atoms with Crippen molar-refractivity contribution in [1.82, 2.24) is 0 Å². The first kappa shape index (κ1) is 11.4. The van der Waals surface area contributed by atoms with E-state index < -0.39 is 0 Å². The van der Waals surface area contributed by atoms with E-state index in [0.29, 0.717) is 39.2 Å². The Labute approximate surface area is 83.8 Å². The molecule has 1 atom stereocenters. The summed E-state index contributed by atoms with van der Waals surface area (Å²) in [5.74, 6) is -0.0814. The van der Waals surface area contributed by atoms with Crippen LogP contribution in [0.25, 0.3) is 0 Å². The zero-order valence-electron chi connectivity index (χ0n) is 7.00. The SMILES string of the molecule is CC.O=C1CCC(C[O][Tl])O1. The fraction of sp³-hybridized carbons (Fsp3) is 0.857. The summed E-state index contributed by atoms with van der Waals surface area (Å²) in [4.78, 5) is 10.5. The second-order valence-electron chi connectivity index (χ2n) is 1.98. The van der Waals surface area contributed by atoms with Gasteiger partial charge in [0.2, 0.25) is 0 Å². The van der Waals surface area contributed by atoms with Crippen LogP contribution in [-0.2, 0) is 12.2 Å². The summed E-state index contributed by atoms with van der Waals surface area (Å²) in [5, 5.41) is 0. The number of hydrogen-bond donors (Lipinski definition) is 0. The summed E-state index contributed by atoms with van der Waals surface area (Å²) in [7, 11) is 0. The molecule has 3 nitrogen and oxygen atoms in total. The van der Waals surface area contributed by atoms with E-state index in [1.54, 1.807) is 0 Å². The summed E-state index contributed by atoms with van der Waals surface area (Å²) < 4.78 is 9.83. The van der Waals surface area contributed by atoms with Crippen molar-refractivity contribution >= 4 is 32.2 Å². The molecule has 0 aromatic rings. The van der Waals surface area contributed by atoms with Gasteiger partial charge in [0.15, 0.2) is 0 Å². The first-order chi connectivity index (χ1) is 5.33. The minimum absolute atomic E-state index is 0.0579. The quantitative estimate of drug-likeness (QED) is 0.547. The molecule has 11 heavy (non-hydrogen) atoms. The van der Waals surface area contributed by atoms with E-state index in [0.717, 1.165) is 6.42 Å². The molecule has 0 saturated carbocycles. The van der Waals surface area contributed by atoms with Crippen molar-refractivity contribution in [3.05, 3.63) is 0 Å². The van der Waals surface area contributed by atoms with Gasteiger partial charge >= 0.3 is 70.0 Å². The zero-order valence-corrected chi connectivity index (χ0v) is 11.5. The van der Waals surface area contributed by atoms with Crippen LogP contribution in [-0.4, -0.2) is 44.9 Å². The molecular weight excluding hydrogens is 336 g/mol. The van der Waals surface area contributed by atoms with E-state index in [1.807, 2.05) is 13.8 Å². The van der Waals surface area contributed by atoms with Crippen LogP contribution in [0.1, 0.15) is 26.7 Å². The van der Waals surface area contributed by atoms with Gasteiger partial charge < -0.3 is 0 Å². The molecule has 0 N–H and O–H groups in total. The van der Waals surface area contributed by atoms with Crippen molar-refractivity contribution in [2.75, 3.05) is 6.61 Å². The molecule has 1 aliphatic heterocycles. The third-order valence-corrected chi connectivity index (χ3v) is 2.00. The molecule has 1 aliphatic rings. The Bertz CT molecular complexity index is 116. The third kappa shape index (κ3) is 4.73. The van der Waals surface area contributed by atoms with Crippen LogP contribution in [0.2, 0.25) is 0 Å². The monoisotopic (exact) mass is 350 g/mol. The van der Waals surface area contributed by atoms with Crippen LogP contribution in [0, 0.1) is 0 Å². The van der Waals surface area contributed by atoms with E-state index in [1.165, 1.54) is 0 Å². The number of rotatable bonds is 2. The van der Waals surface area contributed by atoms with Gasteiger partial charge in [-0.25, -0.2) is 0 Å². The molecule has 0 amide bonds. The van der Waals surface area contributed by atoms with Crippen molar-refractivity contribution in [1.29, 1.82) is 0 Å². The predicted molar refractivity (Wildman–Crippen MR) is 42.2 cm³/mol. The van der Waals surface area contributed by atoms with E-state index in [4.69, 9.17) is 7.42 Å². The van der Waals surface area contributed by atoms with Gasteiger partial charge in [-0.15, -0.1) is 0 Å². The van der Waals surface area contributed by atoms with Crippen LogP contribution >= 0.6 is 0 Å². The molecule has 4 heteroatoms. The average molecular weight is 350 g/mol. The Morgan fingerprint density at radius 2 is 2.36 bits per heavy atom. The van der Waals surface area contributed by atoms with Gasteiger partial charge in [-0.2, -0.15) is 0 Å². The van der Waals surface area contributed by atoms with Gasteiger partial charge in [-0.05, 0) is 0 Å². The molecule has 0 aromatic heterocycles. The van der Waals surface area contributed by atoms with Gasteiger partial charge in [-0.3, -0.25) is 0 Å². The Balaban J connectivity index is 0.000000461. The van der Waals surface area contributed by atoms with E-state index in [9.17, 15) is 4.79 Å². The van der Waals surface area contributed by atoms with Crippen LogP contribution in [0.3, 0.4) is 0 Å². The zero-order chi connectivity index (χ0) is 8.69. The topological polar surface area (TPSA) is 35.5 Å². The predicted octanol–water partition coefficient (Wildman–Crippen LogP) is 0.818. The Morgan fingerprint density at radius 3 is 2.73 bits per heavy atom. The minimum atomic E-state index is -0.0814. The third-order valence-electron chi connectivity index (χ3n) is 1.25. The second-order valence-corrected chi connectivity index (χ2v) is 3.28. The summed E-state index contributed by atoms with van der Waals surface area (Å²) in [5.41, 5.74) is 0. The van der Waals surface area contributed by atoms with Crippen LogP contribution in [0.4, 0.5) is 0 Å². The second kappa shape index (κ2) is 7.03. The van der Waals surface area contributed by atoms with Crippen molar-refractivity contribution < 1.29 is 12.2 Å². The number of cyclic esters (lactones) is 1. The summed E-state index contributed by atoms with van der Waals surface area (Å²) in [6.45, 7) is 4.61. The van der Waals surface area contributed by atoms with Crippen molar-refractivity contribution in [3.8, 4) is 0 Å². The summed E-state index contributed by atoms with van der Waals surface area (Å²) in [6.07, 6.45) is 1.46. The number of carbonyl (C=O) groups excluding carboxylic acids is 1. The maximum atomic E-state index is 10.5. The fourth-order valence-electron chi connectivity index (χ4n) is 0.807. The number of esters is 1. The summed E-state index contributed by atoms with van der Waals surface area (Å²) in [6, 6.07) is 0. The molecule has 1 unspecified atom stereocenters. The molecule has 0 aliphatic carbocycles. The van der Waals surface area contributed by atoms with Crippen molar-refractivity contribution in [3.63, 3.8) is 0 Å². The molecule has 1 saturated heterocycles. The van der Waals surface area contributed by atoms with Crippen LogP contribution in [0.5, 0.6) is 0 Å². The Kier molecular flexibility index (Phi) is 7.25. The Hall–Kier alpha value is 0.352. The van der Waals surface area contributed by atoms with E-state index in [2.05, 4.69) is 0 Å². The average Bonchev–Trinajstić information content (AvgIpc) is 2.41. The Morgan fingerprint density at radius 1 is 1.73 bits per heavy atom. The maximum absolute atomic E-state index is 10.5. The number of hydrogen-bond acceptors (Lipinski definition) is 3. The molecule has 0 aromatic carbocycles. The molecule has 1 heterocycles. The first-order valence-corrected chi connectivity index (χ1v) is 5.67. The van der Waals surface area contributed by atoms with Gasteiger partial charge in [0.1, 0.15) is 0 Å². The molecule has 0 radical (unpaired) electrons. The molecule has 0 bridgehead atoms. The van der Waals surface area contributed by atoms with Gasteiger partial charge in [0.25, 0.3) is 0 Å². The van der Waals surface area contributed by atoms with Gasteiger partial charge in [-0.1, -0.05) is 13.8 Å². The van der Waals surface area contributed by atoms with E-state index >= 15 is 0 Å². The molecular formula is C7H13O3Tl. The molecule has 0 spiro atoms. The number of carbonyl (C=O) groups is 1. The van der Waals surface area contributed by atoms with Gasteiger partial charge in [0.05, 0.1) is 0 Å². The standard InChI is InChI=1S/C5H7O3.C2H6.Tl/c6-3-4-1-2-5(7)8-4;1-2;/h4H,1-3H2;1-2H3;/q-1;;+1. The first-order valence-electron chi connectivity index (χ1n) is 3.84. The number of ether oxygens (including phenoxy) is 1. The molecule has 62 valence electrons. The summed E-state index contributed by atoms with van der Waals surface area (Å²) >= 11 is 0.550. The van der Waals surface area contributed by atoms with Crippen molar-refractivity contribution in [2.24, 2.45) is 0 Å². The molecule has 1 fully saturated rings. The van der Waals surface area contributed by atoms with E-state index in [-0.39, 0.29) is 12.1 Å². The van der Waals surface area contributed by atoms with Crippen LogP contribution < -0.4 is 0 Å². The normalized spacial score (nSPS) is 21.9. The van der Waals surface area contributed by atoms with Crippen molar-refractivity contribution in [2.45, 2.75) is 32.8 Å². The molecule has 1 rings (SSSR count). The van der Waals surface area contributed by atoms with Crippen LogP contribution in [0.15, 0.2) is 0 Å². The fourth-order valence-corrected chi connectivity index (χ4v) is 1.64. The van der Waals surface area contributed by atoms with Gasteiger partial charge in [0, 0.05) is 0 Å².